The lowest BCUT2D eigenvalue weighted by Crippen LogP contribution is -2.40. The Bertz CT molecular complexity index is 741. The van der Waals surface area contributed by atoms with Crippen LogP contribution in [0.1, 0.15) is 16.8 Å². The summed E-state index contributed by atoms with van der Waals surface area (Å²) in [6.07, 6.45) is 7.01. The van der Waals surface area contributed by atoms with Gasteiger partial charge in [-0.1, -0.05) is 0 Å². The van der Waals surface area contributed by atoms with E-state index in [0.29, 0.717) is 24.9 Å². The van der Waals surface area contributed by atoms with Gasteiger partial charge >= 0.3 is 0 Å². The summed E-state index contributed by atoms with van der Waals surface area (Å²) in [5.74, 6) is 0.764. The number of anilines is 1. The van der Waals surface area contributed by atoms with Crippen LogP contribution in [0.5, 0.6) is 0 Å². The van der Waals surface area contributed by atoms with Crippen LogP contribution in [-0.2, 0) is 0 Å². The molecule has 0 radical (unpaired) electrons. The molecule has 2 aliphatic heterocycles. The molecule has 4 rings (SSSR count). The van der Waals surface area contributed by atoms with Gasteiger partial charge in [-0.05, 0) is 30.4 Å². The largest absolute Gasteiger partial charge is 0.340 e. The lowest BCUT2D eigenvalue weighted by molar-refractivity contribution is 0.0779. The maximum Gasteiger partial charge on any atom is 0.256 e. The number of rotatable bonds is 2. The van der Waals surface area contributed by atoms with Crippen molar-refractivity contribution in [2.24, 2.45) is 11.8 Å². The standard InChI is InChI=1S/C17H18FN5O/c18-15-8-19-6-2-14(15)16(24)23-9-12-3-7-22(10-13(12)11-23)17-20-4-1-5-21-17/h1-2,4-6,8,12-13H,3,7,9-11H2/t12-,13+/m1/s1. The van der Waals surface area contributed by atoms with Crippen molar-refractivity contribution in [1.29, 1.82) is 0 Å². The summed E-state index contributed by atoms with van der Waals surface area (Å²) in [5.41, 5.74) is 0.104. The molecular weight excluding hydrogens is 309 g/mol. The van der Waals surface area contributed by atoms with E-state index in [1.807, 2.05) is 0 Å². The molecule has 0 aliphatic carbocycles. The average molecular weight is 327 g/mol. The monoisotopic (exact) mass is 327 g/mol. The second-order valence-corrected chi connectivity index (χ2v) is 6.37. The van der Waals surface area contributed by atoms with E-state index in [1.165, 1.54) is 12.3 Å². The van der Waals surface area contributed by atoms with Gasteiger partial charge in [-0.25, -0.2) is 14.4 Å². The molecule has 1 amide bonds. The summed E-state index contributed by atoms with van der Waals surface area (Å²) in [6.45, 7) is 3.05. The molecule has 2 fully saturated rings. The molecule has 0 unspecified atom stereocenters. The maximum absolute atomic E-state index is 13.8. The first-order valence-corrected chi connectivity index (χ1v) is 8.13. The molecule has 2 aromatic rings. The van der Waals surface area contributed by atoms with Crippen molar-refractivity contribution in [3.8, 4) is 0 Å². The number of carbonyl (C=O) groups is 1. The van der Waals surface area contributed by atoms with E-state index >= 15 is 0 Å². The highest BCUT2D eigenvalue weighted by Crippen LogP contribution is 2.33. The fraction of sp³-hybridized carbons (Fsp3) is 0.412. The van der Waals surface area contributed by atoms with E-state index < -0.39 is 5.82 Å². The molecular formula is C17H18FN5O. The van der Waals surface area contributed by atoms with Crippen molar-refractivity contribution in [3.05, 3.63) is 48.3 Å². The van der Waals surface area contributed by atoms with Crippen molar-refractivity contribution < 1.29 is 9.18 Å². The molecule has 0 bridgehead atoms. The molecule has 0 spiro atoms. The van der Waals surface area contributed by atoms with Crippen LogP contribution in [-0.4, -0.2) is 51.9 Å². The van der Waals surface area contributed by atoms with E-state index in [0.717, 1.165) is 31.7 Å². The molecule has 24 heavy (non-hydrogen) atoms. The fourth-order valence-electron chi connectivity index (χ4n) is 3.69. The summed E-state index contributed by atoms with van der Waals surface area (Å²) in [5, 5.41) is 0. The maximum atomic E-state index is 13.8. The molecule has 0 aromatic carbocycles. The molecule has 2 atom stereocenters. The number of piperidine rings is 1. The molecule has 2 aromatic heterocycles. The van der Waals surface area contributed by atoms with E-state index in [9.17, 15) is 9.18 Å². The summed E-state index contributed by atoms with van der Waals surface area (Å²) in [7, 11) is 0. The summed E-state index contributed by atoms with van der Waals surface area (Å²) < 4.78 is 13.8. The Kier molecular flexibility index (Phi) is 3.84. The topological polar surface area (TPSA) is 62.2 Å². The average Bonchev–Trinajstić information content (AvgIpc) is 3.05. The third kappa shape index (κ3) is 2.70. The van der Waals surface area contributed by atoms with Crippen molar-refractivity contribution in [3.63, 3.8) is 0 Å². The van der Waals surface area contributed by atoms with Gasteiger partial charge in [-0.15, -0.1) is 0 Å². The van der Waals surface area contributed by atoms with Crippen LogP contribution in [0.25, 0.3) is 0 Å². The number of amides is 1. The number of pyridine rings is 1. The molecule has 0 N–H and O–H groups in total. The summed E-state index contributed by atoms with van der Waals surface area (Å²) in [4.78, 5) is 28.8. The van der Waals surface area contributed by atoms with E-state index in [4.69, 9.17) is 0 Å². The van der Waals surface area contributed by atoms with Gasteiger partial charge in [0.15, 0.2) is 5.82 Å². The fourth-order valence-corrected chi connectivity index (χ4v) is 3.69. The van der Waals surface area contributed by atoms with Crippen LogP contribution in [0.15, 0.2) is 36.9 Å². The van der Waals surface area contributed by atoms with E-state index in [2.05, 4.69) is 19.9 Å². The second-order valence-electron chi connectivity index (χ2n) is 6.37. The number of likely N-dealkylation sites (tertiary alicyclic amines) is 1. The Hall–Kier alpha value is -2.57. The van der Waals surface area contributed by atoms with Gasteiger partial charge in [-0.3, -0.25) is 9.78 Å². The minimum atomic E-state index is -0.559. The first kappa shape index (κ1) is 15.0. The van der Waals surface area contributed by atoms with Crippen LogP contribution >= 0.6 is 0 Å². The molecule has 0 saturated carbocycles. The Morgan fingerprint density at radius 1 is 1.12 bits per heavy atom. The van der Waals surface area contributed by atoms with Gasteiger partial charge in [0.2, 0.25) is 5.95 Å². The van der Waals surface area contributed by atoms with Crippen molar-refractivity contribution in [2.45, 2.75) is 6.42 Å². The van der Waals surface area contributed by atoms with Crippen LogP contribution in [0, 0.1) is 17.7 Å². The predicted molar refractivity (Wildman–Crippen MR) is 85.9 cm³/mol. The highest BCUT2D eigenvalue weighted by atomic mass is 19.1. The van der Waals surface area contributed by atoms with E-state index in [-0.39, 0.29) is 11.5 Å². The first-order valence-electron chi connectivity index (χ1n) is 8.13. The zero-order valence-electron chi connectivity index (χ0n) is 13.2. The molecule has 2 aliphatic rings. The van der Waals surface area contributed by atoms with E-state index in [1.54, 1.807) is 23.4 Å². The van der Waals surface area contributed by atoms with Gasteiger partial charge in [0.25, 0.3) is 5.91 Å². The molecule has 6 nitrogen and oxygen atoms in total. The zero-order chi connectivity index (χ0) is 16.5. The second kappa shape index (κ2) is 6.14. The highest BCUT2D eigenvalue weighted by Gasteiger charge is 2.39. The normalized spacial score (nSPS) is 23.2. The minimum absolute atomic E-state index is 0.104. The third-order valence-electron chi connectivity index (χ3n) is 4.93. The summed E-state index contributed by atoms with van der Waals surface area (Å²) in [6, 6.07) is 3.25. The van der Waals surface area contributed by atoms with Gasteiger partial charge in [0, 0.05) is 44.8 Å². The Morgan fingerprint density at radius 2 is 1.92 bits per heavy atom. The van der Waals surface area contributed by atoms with Gasteiger partial charge < -0.3 is 9.80 Å². The van der Waals surface area contributed by atoms with Crippen molar-refractivity contribution in [1.82, 2.24) is 19.9 Å². The first-order chi connectivity index (χ1) is 11.7. The number of halogens is 1. The molecule has 2 saturated heterocycles. The lowest BCUT2D eigenvalue weighted by Gasteiger charge is -2.34. The third-order valence-corrected chi connectivity index (χ3v) is 4.93. The van der Waals surface area contributed by atoms with Crippen LogP contribution < -0.4 is 4.90 Å². The predicted octanol–water partition coefficient (Wildman–Crippen LogP) is 1.61. The molecule has 7 heteroatoms. The molecule has 4 heterocycles. The lowest BCUT2D eigenvalue weighted by atomic mass is 9.89. The van der Waals surface area contributed by atoms with Crippen LogP contribution in [0.2, 0.25) is 0 Å². The quantitative estimate of drug-likeness (QED) is 0.838. The summed E-state index contributed by atoms with van der Waals surface area (Å²) >= 11 is 0. The Labute approximate surface area is 139 Å². The Balaban J connectivity index is 1.47. The number of fused-ring (bicyclic) bond motifs is 1. The number of hydrogen-bond donors (Lipinski definition) is 0. The number of aromatic nitrogens is 3. The van der Waals surface area contributed by atoms with Crippen molar-refractivity contribution >= 4 is 11.9 Å². The zero-order valence-corrected chi connectivity index (χ0v) is 13.2. The SMILES string of the molecule is O=C(c1ccncc1F)N1C[C@H]2CCN(c3ncccn3)C[C@H]2C1. The number of carbonyl (C=O) groups excluding carboxylic acids is 1. The number of nitrogens with zero attached hydrogens (tertiary/aromatic N) is 5. The smallest absolute Gasteiger partial charge is 0.256 e. The van der Waals surface area contributed by atoms with Crippen molar-refractivity contribution in [2.75, 3.05) is 31.1 Å². The van der Waals surface area contributed by atoms with Gasteiger partial charge in [0.1, 0.15) is 0 Å². The number of hydrogen-bond acceptors (Lipinski definition) is 5. The van der Waals surface area contributed by atoms with Gasteiger partial charge in [0.05, 0.1) is 11.8 Å². The van der Waals surface area contributed by atoms with Gasteiger partial charge in [-0.2, -0.15) is 0 Å². The van der Waals surface area contributed by atoms with Crippen LogP contribution in [0.4, 0.5) is 10.3 Å². The molecule has 124 valence electrons. The Morgan fingerprint density at radius 3 is 2.71 bits per heavy atom. The van der Waals surface area contributed by atoms with Crippen LogP contribution in [0.3, 0.4) is 0 Å². The minimum Gasteiger partial charge on any atom is -0.340 e. The highest BCUT2D eigenvalue weighted by molar-refractivity contribution is 5.94.